The van der Waals surface area contributed by atoms with Gasteiger partial charge in [0, 0.05) is 6.54 Å². The number of hydrogen-bond donors (Lipinski definition) is 0. The van der Waals surface area contributed by atoms with Gasteiger partial charge < -0.3 is 4.90 Å². The molecule has 1 heterocycles. The van der Waals surface area contributed by atoms with Gasteiger partial charge in [-0.3, -0.25) is 0 Å². The fourth-order valence-corrected chi connectivity index (χ4v) is 2.93. The fraction of sp³-hybridized carbons (Fsp3) is 1.00. The third-order valence-electron chi connectivity index (χ3n) is 4.31. The van der Waals surface area contributed by atoms with Crippen LogP contribution < -0.4 is 0 Å². The molecular formula is C12H23N. The molecule has 0 radical (unpaired) electrons. The first kappa shape index (κ1) is 9.51. The topological polar surface area (TPSA) is 3.24 Å². The summed E-state index contributed by atoms with van der Waals surface area (Å²) < 4.78 is 0. The second-order valence-electron chi connectivity index (χ2n) is 5.70. The van der Waals surface area contributed by atoms with Crippen LogP contribution in [0.4, 0.5) is 0 Å². The Hall–Kier alpha value is -0.0400. The van der Waals surface area contributed by atoms with Crippen LogP contribution in [0, 0.1) is 17.3 Å². The monoisotopic (exact) mass is 181 g/mol. The van der Waals surface area contributed by atoms with Crippen molar-refractivity contribution in [1.82, 2.24) is 4.90 Å². The normalized spacial score (nSPS) is 32.1. The molecule has 0 N–H and O–H groups in total. The van der Waals surface area contributed by atoms with E-state index in [4.69, 9.17) is 0 Å². The first-order chi connectivity index (χ1) is 6.10. The highest BCUT2D eigenvalue weighted by atomic mass is 15.1. The number of hydrogen-bond acceptors (Lipinski definition) is 1. The van der Waals surface area contributed by atoms with Crippen molar-refractivity contribution in [3.05, 3.63) is 0 Å². The maximum atomic E-state index is 2.51. The minimum absolute atomic E-state index is 0.620. The maximum absolute atomic E-state index is 2.51. The third kappa shape index (κ3) is 1.90. The summed E-state index contributed by atoms with van der Waals surface area (Å²) in [5.41, 5.74) is 0.620. The molecule has 2 fully saturated rings. The summed E-state index contributed by atoms with van der Waals surface area (Å²) in [6.45, 7) is 7.64. The summed E-state index contributed by atoms with van der Waals surface area (Å²) in [5, 5.41) is 0. The third-order valence-corrected chi connectivity index (χ3v) is 4.31. The summed E-state index contributed by atoms with van der Waals surface area (Å²) >= 11 is 0. The Balaban J connectivity index is 1.97. The summed E-state index contributed by atoms with van der Waals surface area (Å²) in [6.07, 6.45) is 5.87. The van der Waals surface area contributed by atoms with E-state index < -0.39 is 0 Å². The summed E-state index contributed by atoms with van der Waals surface area (Å²) in [7, 11) is 2.27. The van der Waals surface area contributed by atoms with E-state index in [9.17, 15) is 0 Å². The Morgan fingerprint density at radius 1 is 1.08 bits per heavy atom. The van der Waals surface area contributed by atoms with Gasteiger partial charge in [0.15, 0.2) is 0 Å². The van der Waals surface area contributed by atoms with Crippen molar-refractivity contribution < 1.29 is 0 Å². The average Bonchev–Trinajstić information content (AvgIpc) is 2.86. The first-order valence-corrected chi connectivity index (χ1v) is 5.79. The lowest BCUT2D eigenvalue weighted by Gasteiger charge is -2.40. The minimum Gasteiger partial charge on any atom is -0.306 e. The van der Waals surface area contributed by atoms with Crippen LogP contribution in [0.2, 0.25) is 0 Å². The van der Waals surface area contributed by atoms with Gasteiger partial charge in [0.2, 0.25) is 0 Å². The summed E-state index contributed by atoms with van der Waals surface area (Å²) in [4.78, 5) is 2.51. The van der Waals surface area contributed by atoms with Gasteiger partial charge in [-0.05, 0) is 56.5 Å². The highest BCUT2D eigenvalue weighted by molar-refractivity contribution is 4.94. The Morgan fingerprint density at radius 3 is 2.31 bits per heavy atom. The van der Waals surface area contributed by atoms with Crippen molar-refractivity contribution in [2.75, 3.05) is 20.1 Å². The summed E-state index contributed by atoms with van der Waals surface area (Å²) in [5.74, 6) is 2.00. The van der Waals surface area contributed by atoms with Crippen LogP contribution in [0.1, 0.15) is 39.5 Å². The van der Waals surface area contributed by atoms with Gasteiger partial charge in [-0.15, -0.1) is 0 Å². The van der Waals surface area contributed by atoms with Gasteiger partial charge in [-0.2, -0.15) is 0 Å². The lowest BCUT2D eigenvalue weighted by molar-refractivity contribution is 0.0863. The quantitative estimate of drug-likeness (QED) is 0.633. The number of nitrogens with zero attached hydrogens (tertiary/aromatic N) is 1. The molecule has 76 valence electrons. The van der Waals surface area contributed by atoms with Crippen LogP contribution in [0.3, 0.4) is 0 Å². The van der Waals surface area contributed by atoms with E-state index in [1.807, 2.05) is 0 Å². The lowest BCUT2D eigenvalue weighted by atomic mass is 9.71. The van der Waals surface area contributed by atoms with Gasteiger partial charge in [-0.25, -0.2) is 0 Å². The lowest BCUT2D eigenvalue weighted by Crippen LogP contribution is -2.40. The van der Waals surface area contributed by atoms with E-state index in [1.54, 1.807) is 0 Å². The number of piperidine rings is 1. The maximum Gasteiger partial charge on any atom is 0.00118 e. The highest BCUT2D eigenvalue weighted by Gasteiger charge is 2.43. The smallest absolute Gasteiger partial charge is 0.00118 e. The van der Waals surface area contributed by atoms with E-state index in [1.165, 1.54) is 38.8 Å². The van der Waals surface area contributed by atoms with Crippen molar-refractivity contribution in [3.8, 4) is 0 Å². The molecule has 1 aliphatic heterocycles. The minimum atomic E-state index is 0.620. The van der Waals surface area contributed by atoms with Gasteiger partial charge in [0.25, 0.3) is 0 Å². The van der Waals surface area contributed by atoms with Crippen molar-refractivity contribution >= 4 is 0 Å². The van der Waals surface area contributed by atoms with Crippen molar-refractivity contribution in [2.24, 2.45) is 17.3 Å². The molecule has 2 rings (SSSR count). The molecular weight excluding hydrogens is 158 g/mol. The molecule has 1 unspecified atom stereocenters. The summed E-state index contributed by atoms with van der Waals surface area (Å²) in [6, 6.07) is 0. The predicted molar refractivity (Wildman–Crippen MR) is 56.7 cm³/mol. The molecule has 1 heteroatoms. The van der Waals surface area contributed by atoms with Crippen LogP contribution >= 0.6 is 0 Å². The Morgan fingerprint density at radius 2 is 1.77 bits per heavy atom. The average molecular weight is 181 g/mol. The molecule has 0 aromatic rings. The second-order valence-corrected chi connectivity index (χ2v) is 5.70. The molecule has 1 aliphatic carbocycles. The van der Waals surface area contributed by atoms with Crippen LogP contribution in [0.5, 0.6) is 0 Å². The van der Waals surface area contributed by atoms with Crippen LogP contribution in [-0.2, 0) is 0 Å². The molecule has 0 amide bonds. The molecule has 1 saturated heterocycles. The number of likely N-dealkylation sites (tertiary alicyclic amines) is 1. The second kappa shape index (κ2) is 3.27. The largest absolute Gasteiger partial charge is 0.306 e. The van der Waals surface area contributed by atoms with Crippen molar-refractivity contribution in [3.63, 3.8) is 0 Å². The molecule has 1 atom stereocenters. The van der Waals surface area contributed by atoms with Gasteiger partial charge in [-0.1, -0.05) is 13.8 Å². The first-order valence-electron chi connectivity index (χ1n) is 5.79. The number of rotatable bonds is 2. The van der Waals surface area contributed by atoms with Gasteiger partial charge in [0.05, 0.1) is 0 Å². The van der Waals surface area contributed by atoms with Crippen LogP contribution in [-0.4, -0.2) is 25.0 Å². The molecule has 0 aromatic heterocycles. The highest BCUT2D eigenvalue weighted by Crippen LogP contribution is 2.51. The molecule has 0 aromatic carbocycles. The van der Waals surface area contributed by atoms with Gasteiger partial charge in [0.1, 0.15) is 0 Å². The van der Waals surface area contributed by atoms with E-state index in [0.29, 0.717) is 5.41 Å². The van der Waals surface area contributed by atoms with Crippen molar-refractivity contribution in [2.45, 2.75) is 39.5 Å². The standard InChI is InChI=1S/C12H23N/c1-12(2,10-6-7-10)11-5-4-8-13(3)9-11/h10-11H,4-9H2,1-3H3. The fourth-order valence-electron chi connectivity index (χ4n) is 2.93. The molecule has 13 heavy (non-hydrogen) atoms. The van der Waals surface area contributed by atoms with Crippen molar-refractivity contribution in [1.29, 1.82) is 0 Å². The SMILES string of the molecule is CN1CCCC(C(C)(C)C2CC2)C1. The molecule has 1 saturated carbocycles. The van der Waals surface area contributed by atoms with Gasteiger partial charge >= 0.3 is 0 Å². The van der Waals surface area contributed by atoms with E-state index in [2.05, 4.69) is 25.8 Å². The Kier molecular flexibility index (Phi) is 2.39. The van der Waals surface area contributed by atoms with E-state index >= 15 is 0 Å². The zero-order valence-corrected chi connectivity index (χ0v) is 9.34. The predicted octanol–water partition coefficient (Wildman–Crippen LogP) is 2.76. The zero-order valence-electron chi connectivity index (χ0n) is 9.34. The molecule has 1 nitrogen and oxygen atoms in total. The molecule has 2 aliphatic rings. The van der Waals surface area contributed by atoms with E-state index in [0.717, 1.165) is 11.8 Å². The molecule has 0 bridgehead atoms. The zero-order chi connectivity index (χ0) is 9.47. The Labute approximate surface area is 82.5 Å². The van der Waals surface area contributed by atoms with Crippen LogP contribution in [0.15, 0.2) is 0 Å². The van der Waals surface area contributed by atoms with Crippen LogP contribution in [0.25, 0.3) is 0 Å². The molecule has 0 spiro atoms. The van der Waals surface area contributed by atoms with E-state index in [-0.39, 0.29) is 0 Å². The Bertz CT molecular complexity index is 182.